The number of aliphatic carboxylic acids is 1. The van der Waals surface area contributed by atoms with Crippen molar-refractivity contribution in [2.24, 2.45) is 0 Å². The normalized spacial score (nSPS) is 11.8. The molecule has 0 aliphatic heterocycles. The first-order valence-corrected chi connectivity index (χ1v) is 5.22. The molecule has 0 heterocycles. The smallest absolute Gasteiger partial charge is 0.328 e. The number of rotatable bonds is 5. The minimum atomic E-state index is -1.06. The number of carboxylic acid groups (broad SMARTS) is 1. The summed E-state index contributed by atoms with van der Waals surface area (Å²) in [7, 11) is 1.51. The fourth-order valence-electron chi connectivity index (χ4n) is 1.27. The van der Waals surface area contributed by atoms with Gasteiger partial charge in [-0.15, -0.1) is 0 Å². The summed E-state index contributed by atoms with van der Waals surface area (Å²) in [5, 5.41) is 17.3. The predicted octanol–water partition coefficient (Wildman–Crippen LogP) is 2.08. The molecule has 0 saturated heterocycles. The van der Waals surface area contributed by atoms with Crippen LogP contribution in [-0.4, -0.2) is 24.3 Å². The molecule has 1 N–H and O–H groups in total. The molecule has 18 heavy (non-hydrogen) atoms. The van der Waals surface area contributed by atoms with E-state index in [0.717, 1.165) is 6.08 Å². The Morgan fingerprint density at radius 1 is 1.56 bits per heavy atom. The maximum atomic E-state index is 10.5. The molecule has 5 nitrogen and oxygen atoms in total. The number of carbonyl (C=O) groups is 1. The number of hydrogen-bond donors (Lipinski definition) is 1. The van der Waals surface area contributed by atoms with Crippen LogP contribution < -0.4 is 9.47 Å². The zero-order valence-corrected chi connectivity index (χ0v) is 10.1. The number of ether oxygens (including phenoxy) is 2. The maximum absolute atomic E-state index is 10.5. The number of nitrogens with zero attached hydrogens (tertiary/aromatic N) is 1. The number of methoxy groups -OCH3 is 1. The van der Waals surface area contributed by atoms with E-state index in [0.29, 0.717) is 17.1 Å². The van der Waals surface area contributed by atoms with Crippen LogP contribution in [0.3, 0.4) is 0 Å². The van der Waals surface area contributed by atoms with Gasteiger partial charge in [-0.2, -0.15) is 5.26 Å². The lowest BCUT2D eigenvalue weighted by Crippen LogP contribution is -2.09. The third-order valence-corrected chi connectivity index (χ3v) is 2.11. The van der Waals surface area contributed by atoms with E-state index in [1.807, 2.05) is 6.07 Å². The number of nitriles is 1. The summed E-state index contributed by atoms with van der Waals surface area (Å²) in [6.45, 7) is 1.61. The molecule has 94 valence electrons. The Balaban J connectivity index is 3.08. The second-order valence-electron chi connectivity index (χ2n) is 3.46. The van der Waals surface area contributed by atoms with E-state index < -0.39 is 12.1 Å². The molecular weight excluding hydrogens is 234 g/mol. The molecule has 1 aromatic rings. The van der Waals surface area contributed by atoms with E-state index in [-0.39, 0.29) is 0 Å². The van der Waals surface area contributed by atoms with E-state index in [1.165, 1.54) is 13.2 Å². The summed E-state index contributed by atoms with van der Waals surface area (Å²) in [4.78, 5) is 10.5. The van der Waals surface area contributed by atoms with Gasteiger partial charge < -0.3 is 14.6 Å². The molecule has 0 aliphatic rings. The lowest BCUT2D eigenvalue weighted by atomic mass is 10.1. The molecule has 1 aromatic carbocycles. The third kappa shape index (κ3) is 3.83. The average molecular weight is 247 g/mol. The van der Waals surface area contributed by atoms with Crippen molar-refractivity contribution in [2.75, 3.05) is 7.11 Å². The molecule has 0 aromatic heterocycles. The maximum Gasteiger partial charge on any atom is 0.328 e. The first kappa shape index (κ1) is 13.6. The van der Waals surface area contributed by atoms with E-state index in [4.69, 9.17) is 19.8 Å². The van der Waals surface area contributed by atoms with Gasteiger partial charge in [-0.3, -0.25) is 0 Å². The minimum Gasteiger partial charge on any atom is -0.497 e. The highest BCUT2D eigenvalue weighted by Gasteiger charge is 2.07. The van der Waals surface area contributed by atoms with Crippen LogP contribution in [0.2, 0.25) is 0 Å². The Morgan fingerprint density at radius 3 is 2.83 bits per heavy atom. The third-order valence-electron chi connectivity index (χ3n) is 2.11. The van der Waals surface area contributed by atoms with Crippen molar-refractivity contribution in [3.05, 3.63) is 29.8 Å². The van der Waals surface area contributed by atoms with Gasteiger partial charge in [-0.1, -0.05) is 0 Å². The highest BCUT2D eigenvalue weighted by molar-refractivity contribution is 5.86. The van der Waals surface area contributed by atoms with Crippen molar-refractivity contribution in [3.8, 4) is 17.6 Å². The van der Waals surface area contributed by atoms with Gasteiger partial charge in [0, 0.05) is 11.6 Å². The largest absolute Gasteiger partial charge is 0.497 e. The predicted molar refractivity (Wildman–Crippen MR) is 65.4 cm³/mol. The molecule has 1 unspecified atom stereocenters. The summed E-state index contributed by atoms with van der Waals surface area (Å²) in [6, 6.07) is 6.89. The molecule has 0 saturated carbocycles. The lowest BCUT2D eigenvalue weighted by Gasteiger charge is -2.11. The molecule has 0 fully saturated rings. The summed E-state index contributed by atoms with van der Waals surface area (Å²) in [5.74, 6) is -0.0450. The van der Waals surface area contributed by atoms with Crippen molar-refractivity contribution >= 4 is 12.0 Å². The summed E-state index contributed by atoms with van der Waals surface area (Å²) >= 11 is 0. The van der Waals surface area contributed by atoms with Crippen LogP contribution in [0.25, 0.3) is 6.08 Å². The molecule has 0 aliphatic carbocycles. The van der Waals surface area contributed by atoms with E-state index in [1.54, 1.807) is 25.1 Å². The van der Waals surface area contributed by atoms with Crippen molar-refractivity contribution in [2.45, 2.75) is 13.0 Å². The number of hydrogen-bond acceptors (Lipinski definition) is 4. The summed E-state index contributed by atoms with van der Waals surface area (Å²) < 4.78 is 10.4. The fraction of sp³-hybridized carbons (Fsp3) is 0.231. The molecule has 1 atom stereocenters. The van der Waals surface area contributed by atoms with Gasteiger partial charge in [0.2, 0.25) is 0 Å². The molecule has 0 amide bonds. The molecule has 5 heteroatoms. The number of carboxylic acids is 1. The average Bonchev–Trinajstić information content (AvgIpc) is 2.37. The van der Waals surface area contributed by atoms with Crippen LogP contribution in [0.15, 0.2) is 24.3 Å². The Bertz CT molecular complexity index is 502. The van der Waals surface area contributed by atoms with E-state index in [9.17, 15) is 4.79 Å². The lowest BCUT2D eigenvalue weighted by molar-refractivity contribution is -0.131. The van der Waals surface area contributed by atoms with Crippen molar-refractivity contribution in [3.63, 3.8) is 0 Å². The van der Waals surface area contributed by atoms with Gasteiger partial charge in [0.1, 0.15) is 17.6 Å². The second-order valence-corrected chi connectivity index (χ2v) is 3.46. The Labute approximate surface area is 105 Å². The number of benzene rings is 1. The molecular formula is C13H13NO4. The molecule has 0 spiro atoms. The van der Waals surface area contributed by atoms with Gasteiger partial charge in [0.05, 0.1) is 7.11 Å². The van der Waals surface area contributed by atoms with Crippen LogP contribution in [0.1, 0.15) is 12.5 Å². The Kier molecular flexibility index (Phi) is 4.76. The Hall–Kier alpha value is -2.48. The Morgan fingerprint density at radius 2 is 2.28 bits per heavy atom. The van der Waals surface area contributed by atoms with Crippen molar-refractivity contribution in [1.29, 1.82) is 5.26 Å². The highest BCUT2D eigenvalue weighted by atomic mass is 16.5. The second kappa shape index (κ2) is 6.30. The van der Waals surface area contributed by atoms with Gasteiger partial charge in [0.15, 0.2) is 6.10 Å². The summed E-state index contributed by atoms with van der Waals surface area (Å²) in [6.07, 6.45) is 1.78. The standard InChI is InChI=1S/C13H13NO4/c1-9(8-14)18-12-5-4-11(17-2)7-10(12)3-6-13(15)16/h3-7,9H,1-2H3,(H,15,16). The SMILES string of the molecule is COc1ccc(OC(C)C#N)c(C=CC(=O)O)c1. The zero-order valence-electron chi connectivity index (χ0n) is 10.1. The van der Waals surface area contributed by atoms with Crippen LogP contribution >= 0.6 is 0 Å². The van der Waals surface area contributed by atoms with Crippen LogP contribution in [0.4, 0.5) is 0 Å². The molecule has 1 rings (SSSR count). The zero-order chi connectivity index (χ0) is 13.5. The van der Waals surface area contributed by atoms with Gasteiger partial charge >= 0.3 is 5.97 Å². The highest BCUT2D eigenvalue weighted by Crippen LogP contribution is 2.26. The quantitative estimate of drug-likeness (QED) is 0.806. The van der Waals surface area contributed by atoms with Crippen LogP contribution in [0.5, 0.6) is 11.5 Å². The van der Waals surface area contributed by atoms with Crippen LogP contribution in [-0.2, 0) is 4.79 Å². The first-order valence-electron chi connectivity index (χ1n) is 5.22. The monoisotopic (exact) mass is 247 g/mol. The first-order chi connectivity index (χ1) is 8.56. The van der Waals surface area contributed by atoms with Crippen molar-refractivity contribution < 1.29 is 19.4 Å². The van der Waals surface area contributed by atoms with Gasteiger partial charge in [0.25, 0.3) is 0 Å². The summed E-state index contributed by atoms with van der Waals surface area (Å²) in [5.41, 5.74) is 0.541. The van der Waals surface area contributed by atoms with Gasteiger partial charge in [-0.25, -0.2) is 4.79 Å². The fourth-order valence-corrected chi connectivity index (χ4v) is 1.27. The molecule has 0 radical (unpaired) electrons. The van der Waals surface area contributed by atoms with E-state index in [2.05, 4.69) is 0 Å². The molecule has 0 bridgehead atoms. The van der Waals surface area contributed by atoms with Crippen molar-refractivity contribution in [1.82, 2.24) is 0 Å². The minimum absolute atomic E-state index is 0.433. The van der Waals surface area contributed by atoms with Crippen LogP contribution in [0, 0.1) is 11.3 Å². The topological polar surface area (TPSA) is 79.5 Å². The van der Waals surface area contributed by atoms with E-state index >= 15 is 0 Å². The van der Waals surface area contributed by atoms with Gasteiger partial charge in [-0.05, 0) is 31.2 Å².